The Morgan fingerprint density at radius 2 is 2.18 bits per heavy atom. The molecular formula is C15H23NO. The van der Waals surface area contributed by atoms with E-state index >= 15 is 0 Å². The van der Waals surface area contributed by atoms with Crippen molar-refractivity contribution >= 4 is 0 Å². The molecule has 1 fully saturated rings. The number of hydrogen-bond acceptors (Lipinski definition) is 2. The minimum atomic E-state index is 0.339. The van der Waals surface area contributed by atoms with Crippen LogP contribution in [0.15, 0.2) is 18.2 Å². The van der Waals surface area contributed by atoms with Gasteiger partial charge in [-0.25, -0.2) is 0 Å². The van der Waals surface area contributed by atoms with Gasteiger partial charge in [-0.3, -0.25) is 0 Å². The van der Waals surface area contributed by atoms with E-state index in [1.54, 1.807) is 0 Å². The molecule has 2 nitrogen and oxygen atoms in total. The molecule has 1 saturated carbocycles. The van der Waals surface area contributed by atoms with Crippen molar-refractivity contribution in [3.05, 3.63) is 29.3 Å². The van der Waals surface area contributed by atoms with Gasteiger partial charge in [-0.15, -0.1) is 0 Å². The number of rotatable bonds is 6. The second kappa shape index (κ2) is 5.54. The first-order chi connectivity index (χ1) is 8.20. The maximum atomic E-state index is 5.95. The molecule has 0 saturated heterocycles. The second-order valence-corrected chi connectivity index (χ2v) is 5.13. The van der Waals surface area contributed by atoms with E-state index in [1.807, 2.05) is 7.05 Å². The van der Waals surface area contributed by atoms with Crippen molar-refractivity contribution in [2.45, 2.75) is 39.2 Å². The van der Waals surface area contributed by atoms with Gasteiger partial charge in [-0.2, -0.15) is 0 Å². The molecule has 2 heteroatoms. The van der Waals surface area contributed by atoms with Gasteiger partial charge in [0, 0.05) is 11.6 Å². The average Bonchev–Trinajstić information content (AvgIpc) is 3.12. The Hall–Kier alpha value is -1.02. The highest BCUT2D eigenvalue weighted by atomic mass is 16.5. The molecular weight excluding hydrogens is 210 g/mol. The summed E-state index contributed by atoms with van der Waals surface area (Å²) in [7, 11) is 1.98. The number of benzene rings is 1. The van der Waals surface area contributed by atoms with Gasteiger partial charge in [0.1, 0.15) is 5.75 Å². The summed E-state index contributed by atoms with van der Waals surface area (Å²) < 4.78 is 5.95. The molecule has 17 heavy (non-hydrogen) atoms. The van der Waals surface area contributed by atoms with E-state index in [9.17, 15) is 0 Å². The summed E-state index contributed by atoms with van der Waals surface area (Å²) in [5, 5.41) is 3.27. The predicted molar refractivity (Wildman–Crippen MR) is 71.5 cm³/mol. The lowest BCUT2D eigenvalue weighted by molar-refractivity contribution is 0.297. The summed E-state index contributed by atoms with van der Waals surface area (Å²) in [6.07, 6.45) is 4.01. The topological polar surface area (TPSA) is 21.3 Å². The summed E-state index contributed by atoms with van der Waals surface area (Å²) in [5.41, 5.74) is 2.52. The van der Waals surface area contributed by atoms with Gasteiger partial charge in [0.05, 0.1) is 6.61 Å². The molecule has 2 rings (SSSR count). The fraction of sp³-hybridized carbons (Fsp3) is 0.600. The third kappa shape index (κ3) is 3.47. The highest BCUT2D eigenvalue weighted by Gasteiger charge is 2.21. The van der Waals surface area contributed by atoms with Crippen LogP contribution in [0.2, 0.25) is 0 Å². The van der Waals surface area contributed by atoms with Crippen molar-refractivity contribution in [1.82, 2.24) is 5.32 Å². The van der Waals surface area contributed by atoms with E-state index in [0.717, 1.165) is 18.3 Å². The van der Waals surface area contributed by atoms with E-state index in [2.05, 4.69) is 37.4 Å². The van der Waals surface area contributed by atoms with Gasteiger partial charge in [0.15, 0.2) is 0 Å². The lowest BCUT2D eigenvalue weighted by Gasteiger charge is -2.17. The smallest absolute Gasteiger partial charge is 0.124 e. The third-order valence-corrected chi connectivity index (χ3v) is 3.55. The molecule has 1 aliphatic carbocycles. The van der Waals surface area contributed by atoms with Crippen LogP contribution in [0.3, 0.4) is 0 Å². The second-order valence-electron chi connectivity index (χ2n) is 5.13. The Bertz CT molecular complexity index is 371. The monoisotopic (exact) mass is 233 g/mol. The largest absolute Gasteiger partial charge is 0.493 e. The SMILES string of the molecule is CNC(C)c1ccc(C)cc1OCCC1CC1. The van der Waals surface area contributed by atoms with Gasteiger partial charge in [-0.05, 0) is 44.9 Å². The van der Waals surface area contributed by atoms with Crippen molar-refractivity contribution in [1.29, 1.82) is 0 Å². The fourth-order valence-electron chi connectivity index (χ4n) is 2.02. The van der Waals surface area contributed by atoms with Crippen LogP contribution in [0.5, 0.6) is 5.75 Å². The molecule has 0 radical (unpaired) electrons. The van der Waals surface area contributed by atoms with Gasteiger partial charge >= 0.3 is 0 Å². The van der Waals surface area contributed by atoms with Crippen molar-refractivity contribution in [2.75, 3.05) is 13.7 Å². The van der Waals surface area contributed by atoms with Crippen LogP contribution >= 0.6 is 0 Å². The standard InChI is InChI=1S/C15H23NO/c1-11-4-7-14(12(2)16-3)15(10-11)17-9-8-13-5-6-13/h4,7,10,12-13,16H,5-6,8-9H2,1-3H3. The molecule has 0 heterocycles. The molecule has 0 amide bonds. The van der Waals surface area contributed by atoms with Gasteiger partial charge in [0.2, 0.25) is 0 Å². The quantitative estimate of drug-likeness (QED) is 0.812. The normalized spacial score (nSPS) is 16.9. The molecule has 1 unspecified atom stereocenters. The highest BCUT2D eigenvalue weighted by molar-refractivity contribution is 5.39. The summed E-state index contributed by atoms with van der Waals surface area (Å²) in [6.45, 7) is 5.14. The Kier molecular flexibility index (Phi) is 4.06. The van der Waals surface area contributed by atoms with Crippen LogP contribution in [0.1, 0.15) is 43.4 Å². The first-order valence-corrected chi connectivity index (χ1v) is 6.61. The Morgan fingerprint density at radius 1 is 1.41 bits per heavy atom. The Balaban J connectivity index is 2.02. The Morgan fingerprint density at radius 3 is 2.82 bits per heavy atom. The van der Waals surface area contributed by atoms with Crippen molar-refractivity contribution in [3.8, 4) is 5.75 Å². The fourth-order valence-corrected chi connectivity index (χ4v) is 2.02. The molecule has 0 aromatic heterocycles. The zero-order valence-corrected chi connectivity index (χ0v) is 11.1. The number of aryl methyl sites for hydroxylation is 1. The van der Waals surface area contributed by atoms with Crippen LogP contribution in [0, 0.1) is 12.8 Å². The van der Waals surface area contributed by atoms with Crippen molar-refractivity contribution in [2.24, 2.45) is 5.92 Å². The van der Waals surface area contributed by atoms with E-state index in [1.165, 1.54) is 30.4 Å². The number of hydrogen-bond donors (Lipinski definition) is 1. The molecule has 1 aliphatic rings. The summed E-state index contributed by atoms with van der Waals surface area (Å²) in [4.78, 5) is 0. The zero-order valence-electron chi connectivity index (χ0n) is 11.1. The maximum absolute atomic E-state index is 5.95. The lowest BCUT2D eigenvalue weighted by Crippen LogP contribution is -2.14. The minimum Gasteiger partial charge on any atom is -0.493 e. The molecule has 1 N–H and O–H groups in total. The first kappa shape index (κ1) is 12.4. The van der Waals surface area contributed by atoms with Crippen LogP contribution in [-0.4, -0.2) is 13.7 Å². The summed E-state index contributed by atoms with van der Waals surface area (Å²) in [5.74, 6) is 1.98. The number of nitrogens with one attached hydrogen (secondary N) is 1. The van der Waals surface area contributed by atoms with Crippen LogP contribution in [-0.2, 0) is 0 Å². The minimum absolute atomic E-state index is 0.339. The molecule has 1 aromatic rings. The Labute approximate surface area is 104 Å². The van der Waals surface area contributed by atoms with E-state index in [-0.39, 0.29) is 0 Å². The number of ether oxygens (including phenoxy) is 1. The van der Waals surface area contributed by atoms with Gasteiger partial charge < -0.3 is 10.1 Å². The average molecular weight is 233 g/mol. The van der Waals surface area contributed by atoms with Gasteiger partial charge in [-0.1, -0.05) is 25.0 Å². The maximum Gasteiger partial charge on any atom is 0.124 e. The van der Waals surface area contributed by atoms with Crippen LogP contribution in [0.4, 0.5) is 0 Å². The molecule has 1 atom stereocenters. The van der Waals surface area contributed by atoms with E-state index < -0.39 is 0 Å². The summed E-state index contributed by atoms with van der Waals surface area (Å²) >= 11 is 0. The molecule has 94 valence electrons. The molecule has 1 aromatic carbocycles. The lowest BCUT2D eigenvalue weighted by atomic mass is 10.1. The van der Waals surface area contributed by atoms with Gasteiger partial charge in [0.25, 0.3) is 0 Å². The van der Waals surface area contributed by atoms with Crippen LogP contribution in [0.25, 0.3) is 0 Å². The zero-order chi connectivity index (χ0) is 12.3. The predicted octanol–water partition coefficient (Wildman–Crippen LogP) is 3.45. The van der Waals surface area contributed by atoms with Crippen molar-refractivity contribution in [3.63, 3.8) is 0 Å². The third-order valence-electron chi connectivity index (χ3n) is 3.55. The molecule has 0 spiro atoms. The van der Waals surface area contributed by atoms with Crippen LogP contribution < -0.4 is 10.1 Å². The highest BCUT2D eigenvalue weighted by Crippen LogP contribution is 2.33. The molecule has 0 bridgehead atoms. The molecule has 0 aliphatic heterocycles. The van der Waals surface area contributed by atoms with E-state index in [4.69, 9.17) is 4.74 Å². The first-order valence-electron chi connectivity index (χ1n) is 6.61. The van der Waals surface area contributed by atoms with Crippen molar-refractivity contribution < 1.29 is 4.74 Å². The summed E-state index contributed by atoms with van der Waals surface area (Å²) in [6, 6.07) is 6.81. The van der Waals surface area contributed by atoms with E-state index in [0.29, 0.717) is 6.04 Å².